The zero-order valence-electron chi connectivity index (χ0n) is 10.6. The van der Waals surface area contributed by atoms with Crippen LogP contribution in [0.4, 0.5) is 5.69 Å². The number of hydrogen-bond acceptors (Lipinski definition) is 5. The van der Waals surface area contributed by atoms with Crippen LogP contribution in [0.25, 0.3) is 0 Å². The van der Waals surface area contributed by atoms with Crippen molar-refractivity contribution < 1.29 is 13.2 Å². The molecule has 0 unspecified atom stereocenters. The highest BCUT2D eigenvalue weighted by Crippen LogP contribution is 2.12. The van der Waals surface area contributed by atoms with E-state index in [1.807, 2.05) is 6.92 Å². The number of sulfonamides is 1. The predicted molar refractivity (Wildman–Crippen MR) is 72.7 cm³/mol. The summed E-state index contributed by atoms with van der Waals surface area (Å²) in [6.07, 6.45) is 0.798. The molecule has 0 aliphatic rings. The van der Waals surface area contributed by atoms with Crippen molar-refractivity contribution >= 4 is 21.6 Å². The lowest BCUT2D eigenvalue weighted by atomic mass is 10.3. The summed E-state index contributed by atoms with van der Waals surface area (Å²) in [6, 6.07) is 5.88. The lowest BCUT2D eigenvalue weighted by Gasteiger charge is -2.08. The van der Waals surface area contributed by atoms with E-state index in [0.717, 1.165) is 6.42 Å². The van der Waals surface area contributed by atoms with Gasteiger partial charge in [0, 0.05) is 12.2 Å². The Labute approximate surface area is 112 Å². The SMILES string of the molecule is CCCNC(=O)CNS(=O)(=O)c1ccc(NN)cc1. The minimum Gasteiger partial charge on any atom is -0.355 e. The third-order valence-electron chi connectivity index (χ3n) is 2.33. The summed E-state index contributed by atoms with van der Waals surface area (Å²) < 4.78 is 26.0. The molecule has 0 fully saturated rings. The van der Waals surface area contributed by atoms with E-state index >= 15 is 0 Å². The quantitative estimate of drug-likeness (QED) is 0.409. The zero-order valence-corrected chi connectivity index (χ0v) is 11.5. The summed E-state index contributed by atoms with van der Waals surface area (Å²) in [7, 11) is -3.68. The molecule has 0 heterocycles. The maximum Gasteiger partial charge on any atom is 0.241 e. The Hall–Kier alpha value is -1.64. The predicted octanol–water partition coefficient (Wildman–Crippen LogP) is -0.223. The van der Waals surface area contributed by atoms with E-state index in [2.05, 4.69) is 15.5 Å². The van der Waals surface area contributed by atoms with Gasteiger partial charge in [0.2, 0.25) is 15.9 Å². The van der Waals surface area contributed by atoms with Crippen molar-refractivity contribution in [1.29, 1.82) is 0 Å². The first-order chi connectivity index (χ1) is 8.99. The molecule has 0 saturated heterocycles. The molecule has 19 heavy (non-hydrogen) atoms. The Morgan fingerprint density at radius 3 is 2.42 bits per heavy atom. The van der Waals surface area contributed by atoms with Gasteiger partial charge < -0.3 is 10.7 Å². The molecule has 0 atom stereocenters. The first kappa shape index (κ1) is 15.4. The van der Waals surface area contributed by atoms with E-state index in [-0.39, 0.29) is 17.3 Å². The average molecular weight is 286 g/mol. The molecule has 5 N–H and O–H groups in total. The van der Waals surface area contributed by atoms with E-state index in [1.165, 1.54) is 24.3 Å². The fourth-order valence-corrected chi connectivity index (χ4v) is 2.28. The van der Waals surface area contributed by atoms with Crippen molar-refractivity contribution in [3.8, 4) is 0 Å². The first-order valence-corrected chi connectivity index (χ1v) is 7.31. The molecule has 1 aromatic carbocycles. The van der Waals surface area contributed by atoms with Crippen molar-refractivity contribution in [3.05, 3.63) is 24.3 Å². The molecule has 0 radical (unpaired) electrons. The van der Waals surface area contributed by atoms with Gasteiger partial charge in [0.25, 0.3) is 0 Å². The van der Waals surface area contributed by atoms with Gasteiger partial charge in [0.05, 0.1) is 11.4 Å². The highest BCUT2D eigenvalue weighted by Gasteiger charge is 2.14. The van der Waals surface area contributed by atoms with Gasteiger partial charge in [0.15, 0.2) is 0 Å². The monoisotopic (exact) mass is 286 g/mol. The highest BCUT2D eigenvalue weighted by atomic mass is 32.2. The number of amides is 1. The molecule has 1 amide bonds. The molecular weight excluding hydrogens is 268 g/mol. The van der Waals surface area contributed by atoms with E-state index in [9.17, 15) is 13.2 Å². The fraction of sp³-hybridized carbons (Fsp3) is 0.364. The molecule has 0 aliphatic heterocycles. The van der Waals surface area contributed by atoms with Crippen LogP contribution in [0.2, 0.25) is 0 Å². The van der Waals surface area contributed by atoms with Crippen LogP contribution in [0, 0.1) is 0 Å². The highest BCUT2D eigenvalue weighted by molar-refractivity contribution is 7.89. The van der Waals surface area contributed by atoms with Gasteiger partial charge >= 0.3 is 0 Å². The molecule has 1 aromatic rings. The summed E-state index contributed by atoms with van der Waals surface area (Å²) in [5.74, 6) is 4.83. The van der Waals surface area contributed by atoms with Gasteiger partial charge in [-0.25, -0.2) is 13.1 Å². The smallest absolute Gasteiger partial charge is 0.241 e. The van der Waals surface area contributed by atoms with Crippen LogP contribution in [-0.2, 0) is 14.8 Å². The van der Waals surface area contributed by atoms with Crippen LogP contribution < -0.4 is 21.3 Å². The minimum absolute atomic E-state index is 0.0785. The Kier molecular flexibility index (Phi) is 5.74. The topological polar surface area (TPSA) is 113 Å². The molecule has 106 valence electrons. The lowest BCUT2D eigenvalue weighted by molar-refractivity contribution is -0.119. The third kappa shape index (κ3) is 4.86. The summed E-state index contributed by atoms with van der Waals surface area (Å²) in [6.45, 7) is 2.16. The number of nitrogens with one attached hydrogen (secondary N) is 3. The Bertz CT molecular complexity index is 513. The van der Waals surface area contributed by atoms with Crippen LogP contribution in [0.5, 0.6) is 0 Å². The molecule has 7 nitrogen and oxygen atoms in total. The summed E-state index contributed by atoms with van der Waals surface area (Å²) >= 11 is 0. The number of anilines is 1. The lowest BCUT2D eigenvalue weighted by Crippen LogP contribution is -2.37. The number of carbonyl (C=O) groups is 1. The number of rotatable bonds is 7. The molecule has 8 heteroatoms. The Balaban J connectivity index is 2.62. The number of hydrogen-bond donors (Lipinski definition) is 4. The molecule has 0 aromatic heterocycles. The molecule has 0 bridgehead atoms. The number of nitrogens with two attached hydrogens (primary N) is 1. The average Bonchev–Trinajstić information content (AvgIpc) is 2.43. The normalized spacial score (nSPS) is 11.1. The number of hydrazine groups is 1. The third-order valence-corrected chi connectivity index (χ3v) is 3.74. The maximum atomic E-state index is 11.9. The van der Waals surface area contributed by atoms with Crippen LogP contribution in [0.1, 0.15) is 13.3 Å². The maximum absolute atomic E-state index is 11.9. The van der Waals surface area contributed by atoms with Crippen LogP contribution in [0.15, 0.2) is 29.2 Å². The van der Waals surface area contributed by atoms with Crippen LogP contribution in [0.3, 0.4) is 0 Å². The van der Waals surface area contributed by atoms with Crippen molar-refractivity contribution in [2.75, 3.05) is 18.5 Å². The molecule has 0 spiro atoms. The van der Waals surface area contributed by atoms with Crippen molar-refractivity contribution in [2.24, 2.45) is 5.84 Å². The molecule has 1 rings (SSSR count). The van der Waals surface area contributed by atoms with Crippen LogP contribution >= 0.6 is 0 Å². The van der Waals surface area contributed by atoms with Gasteiger partial charge in [-0.1, -0.05) is 6.92 Å². The van der Waals surface area contributed by atoms with Gasteiger partial charge in [-0.3, -0.25) is 10.6 Å². The van der Waals surface area contributed by atoms with Gasteiger partial charge in [0.1, 0.15) is 0 Å². The standard InChI is InChI=1S/C11H18N4O3S/c1-2-7-13-11(16)8-14-19(17,18)10-5-3-9(15-12)4-6-10/h3-6,14-15H,2,7-8,12H2,1H3,(H,13,16). The van der Waals surface area contributed by atoms with Gasteiger partial charge in [-0.05, 0) is 30.7 Å². The second kappa shape index (κ2) is 7.07. The van der Waals surface area contributed by atoms with Crippen molar-refractivity contribution in [3.63, 3.8) is 0 Å². The van der Waals surface area contributed by atoms with Crippen molar-refractivity contribution in [2.45, 2.75) is 18.2 Å². The van der Waals surface area contributed by atoms with E-state index in [4.69, 9.17) is 5.84 Å². The summed E-state index contributed by atoms with van der Waals surface area (Å²) in [4.78, 5) is 11.4. The van der Waals surface area contributed by atoms with Gasteiger partial charge in [-0.2, -0.15) is 0 Å². The van der Waals surface area contributed by atoms with Crippen molar-refractivity contribution in [1.82, 2.24) is 10.0 Å². The summed E-state index contributed by atoms with van der Waals surface area (Å²) in [5, 5.41) is 2.58. The number of carbonyl (C=O) groups excluding carboxylic acids is 1. The minimum atomic E-state index is -3.68. The van der Waals surface area contributed by atoms with E-state index < -0.39 is 10.0 Å². The van der Waals surface area contributed by atoms with Gasteiger partial charge in [-0.15, -0.1) is 0 Å². The van der Waals surface area contributed by atoms with E-state index in [1.54, 1.807) is 0 Å². The molecule has 0 saturated carbocycles. The Morgan fingerprint density at radius 2 is 1.89 bits per heavy atom. The summed E-state index contributed by atoms with van der Waals surface area (Å²) in [5.41, 5.74) is 3.00. The fourth-order valence-electron chi connectivity index (χ4n) is 1.30. The van der Waals surface area contributed by atoms with E-state index in [0.29, 0.717) is 12.2 Å². The van der Waals surface area contributed by atoms with Crippen LogP contribution in [-0.4, -0.2) is 27.4 Å². The Morgan fingerprint density at radius 1 is 1.26 bits per heavy atom. The first-order valence-electron chi connectivity index (χ1n) is 5.82. The number of nitrogen functional groups attached to an aromatic ring is 1. The zero-order chi connectivity index (χ0) is 14.3. The number of benzene rings is 1. The molecule has 0 aliphatic carbocycles. The second-order valence-electron chi connectivity index (χ2n) is 3.84. The largest absolute Gasteiger partial charge is 0.355 e. The second-order valence-corrected chi connectivity index (χ2v) is 5.61. The molecular formula is C11H18N4O3S.